The fraction of sp³-hybridized carbons (Fsp3) is 0.167. The zero-order valence-corrected chi connectivity index (χ0v) is 8.98. The molecule has 0 amide bonds. The summed E-state index contributed by atoms with van der Waals surface area (Å²) in [5.41, 5.74) is 8.92. The molecular weight excluding hydrogens is 218 g/mol. The molecule has 0 aliphatic heterocycles. The van der Waals surface area contributed by atoms with Crippen LogP contribution in [0, 0.1) is 0 Å². The third-order valence-corrected chi connectivity index (χ3v) is 2.64. The Labute approximate surface area is 97.6 Å². The highest BCUT2D eigenvalue weighted by molar-refractivity contribution is 5.88. The maximum absolute atomic E-state index is 9.84. The number of hydrogen-bond donors (Lipinski definition) is 2. The predicted molar refractivity (Wildman–Crippen MR) is 64.6 cm³/mol. The molecule has 0 aromatic heterocycles. The second-order valence-electron chi connectivity index (χ2n) is 3.62. The van der Waals surface area contributed by atoms with Gasteiger partial charge < -0.3 is 10.2 Å². The van der Waals surface area contributed by atoms with Gasteiger partial charge in [-0.3, -0.25) is 0 Å². The summed E-state index contributed by atoms with van der Waals surface area (Å²) in [6.07, 6.45) is 0. The Hall–Kier alpha value is -2.23. The number of aliphatic hydroxyl groups excluding tert-OH is 1. The van der Waals surface area contributed by atoms with E-state index in [9.17, 15) is 10.2 Å². The van der Waals surface area contributed by atoms with Crippen LogP contribution in [0.1, 0.15) is 11.6 Å². The Morgan fingerprint density at radius 2 is 2.00 bits per heavy atom. The van der Waals surface area contributed by atoms with E-state index in [1.165, 1.54) is 6.07 Å². The lowest BCUT2D eigenvalue weighted by Gasteiger charge is -2.13. The van der Waals surface area contributed by atoms with Crippen molar-refractivity contribution in [1.29, 1.82) is 0 Å². The first-order chi connectivity index (χ1) is 8.27. The highest BCUT2D eigenvalue weighted by Crippen LogP contribution is 2.34. The lowest BCUT2D eigenvalue weighted by atomic mass is 9.98. The number of aliphatic hydroxyl groups is 1. The minimum absolute atomic E-state index is 0.0233. The SMILES string of the molecule is [N-]=[N+]=NC(CO)c1c(O)ccc2ccccc12. The van der Waals surface area contributed by atoms with Crippen LogP contribution in [0.4, 0.5) is 0 Å². The van der Waals surface area contributed by atoms with Gasteiger partial charge in [0.15, 0.2) is 0 Å². The summed E-state index contributed by atoms with van der Waals surface area (Å²) in [6.45, 7) is -0.342. The zero-order valence-electron chi connectivity index (χ0n) is 8.98. The monoisotopic (exact) mass is 229 g/mol. The van der Waals surface area contributed by atoms with Gasteiger partial charge in [-0.2, -0.15) is 0 Å². The van der Waals surface area contributed by atoms with Crippen molar-refractivity contribution in [2.45, 2.75) is 6.04 Å². The number of nitrogens with zero attached hydrogens (tertiary/aromatic N) is 3. The van der Waals surface area contributed by atoms with E-state index in [0.29, 0.717) is 5.56 Å². The van der Waals surface area contributed by atoms with Crippen LogP contribution in [0.25, 0.3) is 21.2 Å². The largest absolute Gasteiger partial charge is 0.508 e. The van der Waals surface area contributed by atoms with Crippen molar-refractivity contribution in [1.82, 2.24) is 0 Å². The summed E-state index contributed by atoms with van der Waals surface area (Å²) in [5.74, 6) is 0.0233. The molecular formula is C12H11N3O2. The summed E-state index contributed by atoms with van der Waals surface area (Å²) < 4.78 is 0. The molecule has 1 unspecified atom stereocenters. The molecule has 0 aliphatic rings. The molecule has 2 rings (SSSR count). The van der Waals surface area contributed by atoms with Crippen molar-refractivity contribution >= 4 is 10.8 Å². The van der Waals surface area contributed by atoms with Crippen molar-refractivity contribution in [2.75, 3.05) is 6.61 Å². The Bertz CT molecular complexity index is 591. The number of phenols is 1. The van der Waals surface area contributed by atoms with Crippen molar-refractivity contribution in [3.63, 3.8) is 0 Å². The first-order valence-corrected chi connectivity index (χ1v) is 5.13. The molecule has 0 aliphatic carbocycles. The van der Waals surface area contributed by atoms with E-state index >= 15 is 0 Å². The van der Waals surface area contributed by atoms with Gasteiger partial charge in [-0.05, 0) is 22.4 Å². The number of aromatic hydroxyl groups is 1. The molecule has 17 heavy (non-hydrogen) atoms. The number of azide groups is 1. The normalized spacial score (nSPS) is 12.1. The van der Waals surface area contributed by atoms with Crippen molar-refractivity contribution in [3.8, 4) is 5.75 Å². The van der Waals surface area contributed by atoms with Gasteiger partial charge >= 0.3 is 0 Å². The van der Waals surface area contributed by atoms with Crippen LogP contribution in [0.15, 0.2) is 41.5 Å². The molecule has 0 radical (unpaired) electrons. The number of hydrogen-bond acceptors (Lipinski definition) is 3. The Morgan fingerprint density at radius 1 is 1.24 bits per heavy atom. The third-order valence-electron chi connectivity index (χ3n) is 2.64. The van der Waals surface area contributed by atoms with Crippen LogP contribution in [0.5, 0.6) is 5.75 Å². The van der Waals surface area contributed by atoms with Crippen LogP contribution in [-0.4, -0.2) is 16.8 Å². The Morgan fingerprint density at radius 3 is 2.71 bits per heavy atom. The average Bonchev–Trinajstić information content (AvgIpc) is 2.37. The fourth-order valence-electron chi connectivity index (χ4n) is 1.88. The van der Waals surface area contributed by atoms with E-state index in [1.54, 1.807) is 6.07 Å². The predicted octanol–water partition coefficient (Wildman–Crippen LogP) is 2.89. The molecule has 0 bridgehead atoms. The molecule has 1 atom stereocenters. The highest BCUT2D eigenvalue weighted by atomic mass is 16.3. The second kappa shape index (κ2) is 4.74. The number of benzene rings is 2. The van der Waals surface area contributed by atoms with E-state index in [-0.39, 0.29) is 12.4 Å². The molecule has 2 aromatic carbocycles. The summed E-state index contributed by atoms with van der Waals surface area (Å²) in [5, 5.41) is 24.3. The van der Waals surface area contributed by atoms with Gasteiger partial charge in [0, 0.05) is 10.5 Å². The van der Waals surface area contributed by atoms with Crippen molar-refractivity contribution in [3.05, 3.63) is 52.4 Å². The van der Waals surface area contributed by atoms with Crippen LogP contribution >= 0.6 is 0 Å². The fourth-order valence-corrected chi connectivity index (χ4v) is 1.88. The van der Waals surface area contributed by atoms with E-state index in [1.807, 2.05) is 24.3 Å². The molecule has 2 aromatic rings. The maximum atomic E-state index is 9.84. The van der Waals surface area contributed by atoms with E-state index < -0.39 is 6.04 Å². The van der Waals surface area contributed by atoms with Crippen LogP contribution in [0.3, 0.4) is 0 Å². The van der Waals surface area contributed by atoms with Gasteiger partial charge in [0.25, 0.3) is 0 Å². The summed E-state index contributed by atoms with van der Waals surface area (Å²) >= 11 is 0. The van der Waals surface area contributed by atoms with Crippen LogP contribution in [-0.2, 0) is 0 Å². The van der Waals surface area contributed by atoms with Crippen LogP contribution < -0.4 is 0 Å². The standard InChI is InChI=1S/C12H11N3O2/c13-15-14-10(7-16)12-9-4-2-1-3-8(9)5-6-11(12)17/h1-6,10,16-17H,7H2. The quantitative estimate of drug-likeness (QED) is 0.481. The molecule has 0 spiro atoms. The minimum Gasteiger partial charge on any atom is -0.508 e. The lowest BCUT2D eigenvalue weighted by Crippen LogP contribution is -2.01. The Balaban J connectivity index is 2.73. The van der Waals surface area contributed by atoms with Crippen molar-refractivity contribution in [2.24, 2.45) is 5.11 Å². The molecule has 2 N–H and O–H groups in total. The number of rotatable bonds is 3. The van der Waals surface area contributed by atoms with Gasteiger partial charge in [-0.15, -0.1) is 0 Å². The van der Waals surface area contributed by atoms with Crippen LogP contribution in [0.2, 0.25) is 0 Å². The molecule has 0 fully saturated rings. The number of fused-ring (bicyclic) bond motifs is 1. The molecule has 0 saturated carbocycles. The van der Waals surface area contributed by atoms with E-state index in [4.69, 9.17) is 5.53 Å². The summed E-state index contributed by atoms with van der Waals surface area (Å²) in [7, 11) is 0. The van der Waals surface area contributed by atoms with Gasteiger partial charge in [0.2, 0.25) is 0 Å². The van der Waals surface area contributed by atoms with Gasteiger partial charge in [-0.1, -0.05) is 35.4 Å². The average molecular weight is 229 g/mol. The number of phenolic OH excluding ortho intramolecular Hbond substituents is 1. The van der Waals surface area contributed by atoms with Gasteiger partial charge in [-0.25, -0.2) is 0 Å². The van der Waals surface area contributed by atoms with E-state index in [2.05, 4.69) is 10.0 Å². The summed E-state index contributed by atoms with van der Waals surface area (Å²) in [6, 6.07) is 9.96. The molecule has 5 nitrogen and oxygen atoms in total. The molecule has 0 saturated heterocycles. The highest BCUT2D eigenvalue weighted by Gasteiger charge is 2.16. The summed E-state index contributed by atoms with van der Waals surface area (Å²) in [4.78, 5) is 2.69. The topological polar surface area (TPSA) is 89.2 Å². The first-order valence-electron chi connectivity index (χ1n) is 5.13. The smallest absolute Gasteiger partial charge is 0.119 e. The zero-order chi connectivity index (χ0) is 12.3. The second-order valence-corrected chi connectivity index (χ2v) is 3.62. The third kappa shape index (κ3) is 2.01. The molecule has 86 valence electrons. The van der Waals surface area contributed by atoms with Crippen molar-refractivity contribution < 1.29 is 10.2 Å². The van der Waals surface area contributed by atoms with E-state index in [0.717, 1.165) is 10.8 Å². The van der Waals surface area contributed by atoms with Gasteiger partial charge in [0.1, 0.15) is 5.75 Å². The minimum atomic E-state index is -0.772. The van der Waals surface area contributed by atoms with Gasteiger partial charge in [0.05, 0.1) is 12.6 Å². The molecule has 5 heteroatoms. The Kier molecular flexibility index (Phi) is 3.14. The first kappa shape index (κ1) is 11.3. The molecule has 0 heterocycles. The lowest BCUT2D eigenvalue weighted by molar-refractivity contribution is 0.266. The maximum Gasteiger partial charge on any atom is 0.119 e.